The van der Waals surface area contributed by atoms with Gasteiger partial charge in [0.05, 0.1) is 22.1 Å². The van der Waals surface area contributed by atoms with Gasteiger partial charge in [-0.1, -0.05) is 192 Å². The molecule has 0 aliphatic carbocycles. The summed E-state index contributed by atoms with van der Waals surface area (Å²) in [7, 11) is 0. The van der Waals surface area contributed by atoms with E-state index in [9.17, 15) is 0 Å². The van der Waals surface area contributed by atoms with Crippen LogP contribution in [0.3, 0.4) is 0 Å². The van der Waals surface area contributed by atoms with Crippen LogP contribution in [0, 0.1) is 0 Å². The van der Waals surface area contributed by atoms with Gasteiger partial charge >= 0.3 is 0 Å². The fraction of sp³-hybridized carbons (Fsp3) is 0.577. The number of benzene rings is 5. The topological polar surface area (TPSA) is 51.6 Å². The third-order valence-corrected chi connectivity index (χ3v) is 12.8. The van der Waals surface area contributed by atoms with Crippen LogP contribution in [0.15, 0.2) is 48.5 Å². The van der Waals surface area contributed by atoms with Crippen LogP contribution in [0.2, 0.25) is 0 Å². The fourth-order valence-corrected chi connectivity index (χ4v) is 9.62. The first-order chi connectivity index (χ1) is 27.8. The van der Waals surface area contributed by atoms with Crippen molar-refractivity contribution < 1.29 is 0 Å². The van der Waals surface area contributed by atoms with Gasteiger partial charge in [-0.3, -0.25) is 0 Å². The van der Waals surface area contributed by atoms with Crippen molar-refractivity contribution in [1.82, 2.24) is 19.9 Å². The molecule has 0 bridgehead atoms. The number of nitrogens with zero attached hydrogens (tertiary/aromatic N) is 4. The summed E-state index contributed by atoms with van der Waals surface area (Å²) >= 11 is 0. The Labute approximate surface area is 337 Å². The maximum atomic E-state index is 5.15. The molecule has 0 unspecified atom stereocenters. The molecule has 0 atom stereocenters. The number of fused-ring (bicyclic) bond motifs is 2. The van der Waals surface area contributed by atoms with Crippen molar-refractivity contribution in [2.75, 3.05) is 0 Å². The van der Waals surface area contributed by atoms with Crippen LogP contribution >= 0.6 is 0 Å². The lowest BCUT2D eigenvalue weighted by Crippen LogP contribution is -2.00. The summed E-state index contributed by atoms with van der Waals surface area (Å²) in [4.78, 5) is 20.6. The number of hydrogen-bond donors (Lipinski definition) is 0. The molecule has 56 heavy (non-hydrogen) atoms. The predicted octanol–water partition coefficient (Wildman–Crippen LogP) is 16.3. The zero-order valence-corrected chi connectivity index (χ0v) is 35.2. The molecular formula is C52H70N4. The van der Waals surface area contributed by atoms with Crippen molar-refractivity contribution >= 4 is 65.2 Å². The van der Waals surface area contributed by atoms with E-state index in [-0.39, 0.29) is 0 Å². The quantitative estimate of drug-likeness (QED) is 0.0284. The largest absolute Gasteiger partial charge is 0.233 e. The van der Waals surface area contributed by atoms with E-state index in [0.29, 0.717) is 0 Å². The average molecular weight is 751 g/mol. The van der Waals surface area contributed by atoms with E-state index in [2.05, 4.69) is 62.4 Å². The Balaban J connectivity index is 0.943. The van der Waals surface area contributed by atoms with E-state index < -0.39 is 0 Å². The molecule has 4 nitrogen and oxygen atoms in total. The van der Waals surface area contributed by atoms with Crippen molar-refractivity contribution in [3.63, 3.8) is 0 Å². The molecule has 5 aromatic carbocycles. The van der Waals surface area contributed by atoms with Crippen LogP contribution < -0.4 is 0 Å². The molecule has 7 rings (SSSR count). The van der Waals surface area contributed by atoms with Gasteiger partial charge in [-0.15, -0.1) is 0 Å². The predicted molar refractivity (Wildman–Crippen MR) is 244 cm³/mol. The van der Waals surface area contributed by atoms with Crippen LogP contribution in [0.25, 0.3) is 65.2 Å². The summed E-state index contributed by atoms with van der Waals surface area (Å²) in [5.41, 5.74) is 4.30. The summed E-state index contributed by atoms with van der Waals surface area (Å²) in [6.07, 6.45) is 37.6. The molecule has 0 saturated heterocycles. The lowest BCUT2D eigenvalue weighted by atomic mass is 9.88. The van der Waals surface area contributed by atoms with Crippen molar-refractivity contribution in [1.29, 1.82) is 0 Å². The molecule has 2 heterocycles. The highest BCUT2D eigenvalue weighted by Gasteiger charge is 2.20. The summed E-state index contributed by atoms with van der Waals surface area (Å²) in [6.45, 7) is 4.59. The van der Waals surface area contributed by atoms with Gasteiger partial charge in [-0.05, 0) is 58.7 Å². The van der Waals surface area contributed by atoms with Crippen molar-refractivity contribution in [2.45, 2.75) is 194 Å². The Morgan fingerprint density at radius 1 is 0.268 bits per heavy atom. The molecular weight excluding hydrogens is 681 g/mol. The second-order valence-corrected chi connectivity index (χ2v) is 17.3. The molecule has 0 aliphatic rings. The minimum Gasteiger partial charge on any atom is -0.233 e. The first-order valence-electron chi connectivity index (χ1n) is 23.6. The summed E-state index contributed by atoms with van der Waals surface area (Å²) in [6, 6.07) is 18.2. The van der Waals surface area contributed by atoms with E-state index in [1.807, 2.05) is 0 Å². The average Bonchev–Trinajstić information content (AvgIpc) is 3.22. The standard InChI is InChI=1S/C52H70N4/c1-3-5-7-9-11-13-15-17-19-21-23-25-27-29-47-53-43-35-31-39-41-33-37-45-52-46(38-34-42(50(41)52)40-32-36-44(54-47)51(43)49(39)40)56-48(55-45)30-28-26-24-22-20-18-16-14-12-10-8-6-4-2/h31-38H,3-30H2,1-2H3. The fourth-order valence-electron chi connectivity index (χ4n) is 9.62. The van der Waals surface area contributed by atoms with Gasteiger partial charge in [0, 0.05) is 34.4 Å². The zero-order chi connectivity index (χ0) is 38.4. The van der Waals surface area contributed by atoms with Crippen molar-refractivity contribution in [3.05, 3.63) is 60.2 Å². The molecule has 2 aromatic heterocycles. The lowest BCUT2D eigenvalue weighted by Gasteiger charge is -2.17. The van der Waals surface area contributed by atoms with E-state index in [0.717, 1.165) is 46.6 Å². The van der Waals surface area contributed by atoms with E-state index in [4.69, 9.17) is 19.9 Å². The number of hydrogen-bond acceptors (Lipinski definition) is 4. The summed E-state index contributed by atoms with van der Waals surface area (Å²) < 4.78 is 0. The first-order valence-corrected chi connectivity index (χ1v) is 23.6. The van der Waals surface area contributed by atoms with Gasteiger partial charge < -0.3 is 0 Å². The molecule has 298 valence electrons. The molecule has 0 saturated carbocycles. The first kappa shape index (κ1) is 40.5. The molecule has 0 amide bonds. The Kier molecular flexibility index (Phi) is 15.3. The number of aromatic nitrogens is 4. The monoisotopic (exact) mass is 751 g/mol. The molecule has 7 aromatic rings. The SMILES string of the molecule is CCCCCCCCCCCCCCCc1nc2ccc3c4ccc5nc(CCCCCCCCCCCCCCC)nc6ccc(c7ccc(n1)c2c37)c4c56. The number of rotatable bonds is 28. The Morgan fingerprint density at radius 3 is 0.750 bits per heavy atom. The zero-order valence-electron chi connectivity index (χ0n) is 35.2. The highest BCUT2D eigenvalue weighted by molar-refractivity contribution is 6.38. The molecule has 0 radical (unpaired) electrons. The van der Waals surface area contributed by atoms with Gasteiger partial charge in [0.15, 0.2) is 0 Å². The van der Waals surface area contributed by atoms with E-state index >= 15 is 0 Å². The van der Waals surface area contributed by atoms with Gasteiger partial charge in [0.2, 0.25) is 0 Å². The minimum atomic E-state index is 0.960. The van der Waals surface area contributed by atoms with Crippen LogP contribution in [-0.2, 0) is 12.8 Å². The second kappa shape index (κ2) is 21.2. The van der Waals surface area contributed by atoms with Crippen molar-refractivity contribution in [3.8, 4) is 0 Å². The summed E-state index contributed by atoms with van der Waals surface area (Å²) in [5, 5.41) is 10.1. The Morgan fingerprint density at radius 2 is 0.500 bits per heavy atom. The van der Waals surface area contributed by atoms with Crippen LogP contribution in [0.4, 0.5) is 0 Å². The van der Waals surface area contributed by atoms with E-state index in [1.54, 1.807) is 0 Å². The summed E-state index contributed by atoms with van der Waals surface area (Å²) in [5.74, 6) is 1.99. The smallest absolute Gasteiger partial charge is 0.129 e. The maximum absolute atomic E-state index is 5.15. The minimum absolute atomic E-state index is 0.960. The molecule has 0 aliphatic heterocycles. The highest BCUT2D eigenvalue weighted by atomic mass is 14.9. The van der Waals surface area contributed by atoms with Crippen LogP contribution in [-0.4, -0.2) is 19.9 Å². The van der Waals surface area contributed by atoms with Gasteiger partial charge in [-0.2, -0.15) is 0 Å². The van der Waals surface area contributed by atoms with E-state index in [1.165, 1.54) is 210 Å². The van der Waals surface area contributed by atoms with Gasteiger partial charge in [0.1, 0.15) is 11.6 Å². The number of aryl methyl sites for hydroxylation is 2. The molecule has 0 fully saturated rings. The molecule has 0 spiro atoms. The maximum Gasteiger partial charge on any atom is 0.129 e. The molecule has 0 N–H and O–H groups in total. The Hall–Kier alpha value is -3.66. The van der Waals surface area contributed by atoms with Crippen molar-refractivity contribution in [2.24, 2.45) is 0 Å². The second-order valence-electron chi connectivity index (χ2n) is 17.3. The van der Waals surface area contributed by atoms with Gasteiger partial charge in [0.25, 0.3) is 0 Å². The normalized spacial score (nSPS) is 12.3. The van der Waals surface area contributed by atoms with Crippen LogP contribution in [0.1, 0.15) is 192 Å². The lowest BCUT2D eigenvalue weighted by molar-refractivity contribution is 0.538. The van der Waals surface area contributed by atoms with Crippen LogP contribution in [0.5, 0.6) is 0 Å². The third kappa shape index (κ3) is 10.1. The highest BCUT2D eigenvalue weighted by Crippen LogP contribution is 2.44. The van der Waals surface area contributed by atoms with Gasteiger partial charge in [-0.25, -0.2) is 19.9 Å². The number of unbranched alkanes of at least 4 members (excludes halogenated alkanes) is 24. The Bertz CT molecular complexity index is 1950. The molecule has 4 heteroatoms. The third-order valence-electron chi connectivity index (χ3n) is 12.8.